The molecule has 0 bridgehead atoms. The molecular weight excluding hydrogens is 342 g/mol. The zero-order valence-corrected chi connectivity index (χ0v) is 15.0. The van der Waals surface area contributed by atoms with E-state index in [1.54, 1.807) is 11.8 Å². The number of thioether (sulfide) groups is 1. The third-order valence-corrected chi connectivity index (χ3v) is 5.11. The van der Waals surface area contributed by atoms with Gasteiger partial charge in [-0.3, -0.25) is 4.79 Å². The largest absolute Gasteiger partial charge is 0.351 e. The maximum Gasteiger partial charge on any atom is 0.238 e. The Morgan fingerprint density at radius 3 is 2.54 bits per heavy atom. The molecule has 0 aliphatic carbocycles. The van der Waals surface area contributed by atoms with Crippen LogP contribution in [-0.2, 0) is 11.3 Å². The Bertz CT molecular complexity index is 690. The summed E-state index contributed by atoms with van der Waals surface area (Å²) in [6.45, 7) is 0.539. The number of carbonyl (C=O) groups excluding carboxylic acids is 1. The van der Waals surface area contributed by atoms with E-state index in [0.29, 0.717) is 18.0 Å². The van der Waals surface area contributed by atoms with Crippen molar-refractivity contribution in [1.82, 2.24) is 16.2 Å². The average molecular weight is 362 g/mol. The number of rotatable bonds is 5. The molecule has 2 aromatic rings. The predicted molar refractivity (Wildman–Crippen MR) is 98.9 cm³/mol. The van der Waals surface area contributed by atoms with Crippen molar-refractivity contribution in [2.75, 3.05) is 6.26 Å². The summed E-state index contributed by atoms with van der Waals surface area (Å²) in [5.41, 5.74) is 8.47. The van der Waals surface area contributed by atoms with Crippen LogP contribution >= 0.6 is 23.4 Å². The van der Waals surface area contributed by atoms with Crippen molar-refractivity contribution >= 4 is 29.3 Å². The second kappa shape index (κ2) is 8.03. The van der Waals surface area contributed by atoms with Gasteiger partial charge in [-0.2, -0.15) is 0 Å². The van der Waals surface area contributed by atoms with Gasteiger partial charge < -0.3 is 5.32 Å². The minimum Gasteiger partial charge on any atom is -0.351 e. The van der Waals surface area contributed by atoms with E-state index in [2.05, 4.69) is 28.3 Å². The number of hydrazine groups is 1. The molecular formula is C18H20ClN3OS. The molecule has 1 saturated heterocycles. The van der Waals surface area contributed by atoms with Crippen LogP contribution in [0.5, 0.6) is 0 Å². The van der Waals surface area contributed by atoms with Crippen LogP contribution < -0.4 is 16.2 Å². The lowest BCUT2D eigenvalue weighted by molar-refractivity contribution is -0.123. The normalized spacial score (nSPS) is 20.1. The van der Waals surface area contributed by atoms with Gasteiger partial charge in [-0.25, -0.2) is 10.9 Å². The molecule has 2 unspecified atom stereocenters. The predicted octanol–water partition coefficient (Wildman–Crippen LogP) is 3.29. The molecule has 126 valence electrons. The summed E-state index contributed by atoms with van der Waals surface area (Å²) in [6, 6.07) is 15.8. The Kier molecular flexibility index (Phi) is 5.79. The maximum atomic E-state index is 12.3. The number of amides is 1. The second-order valence-electron chi connectivity index (χ2n) is 5.75. The summed E-state index contributed by atoms with van der Waals surface area (Å²) in [6.07, 6.45) is 2.76. The summed E-state index contributed by atoms with van der Waals surface area (Å²) in [7, 11) is 0. The molecule has 1 amide bonds. The Hall–Kier alpha value is -1.53. The summed E-state index contributed by atoms with van der Waals surface area (Å²) >= 11 is 7.62. The zero-order chi connectivity index (χ0) is 16.9. The number of halogens is 1. The van der Waals surface area contributed by atoms with Crippen LogP contribution in [0.3, 0.4) is 0 Å². The Labute approximate surface area is 151 Å². The first-order valence-corrected chi connectivity index (χ1v) is 9.43. The number of benzene rings is 2. The van der Waals surface area contributed by atoms with Gasteiger partial charge in [-0.05, 0) is 48.1 Å². The highest BCUT2D eigenvalue weighted by atomic mass is 35.5. The molecule has 1 aliphatic heterocycles. The lowest BCUT2D eigenvalue weighted by Gasteiger charge is -2.11. The third kappa shape index (κ3) is 4.30. The van der Waals surface area contributed by atoms with Crippen molar-refractivity contribution in [2.24, 2.45) is 0 Å². The van der Waals surface area contributed by atoms with Crippen molar-refractivity contribution in [2.45, 2.75) is 29.9 Å². The van der Waals surface area contributed by atoms with E-state index in [0.717, 1.165) is 11.1 Å². The molecule has 3 N–H and O–H groups in total. The fourth-order valence-electron chi connectivity index (χ4n) is 2.70. The Balaban J connectivity index is 1.51. The second-order valence-corrected chi connectivity index (χ2v) is 7.06. The van der Waals surface area contributed by atoms with E-state index in [1.165, 1.54) is 4.90 Å². The standard InChI is InChI=1S/C18H20ClN3OS/c1-24-15-8-2-12(3-9-15)11-20-18(23)17-10-16(21-22-17)13-4-6-14(19)7-5-13/h2-9,16-17,21-22H,10-11H2,1H3,(H,20,23). The third-order valence-electron chi connectivity index (χ3n) is 4.12. The minimum atomic E-state index is -0.240. The quantitative estimate of drug-likeness (QED) is 0.715. The van der Waals surface area contributed by atoms with E-state index in [1.807, 2.05) is 42.7 Å². The minimum absolute atomic E-state index is 0.00732. The van der Waals surface area contributed by atoms with Gasteiger partial charge in [-0.15, -0.1) is 11.8 Å². The smallest absolute Gasteiger partial charge is 0.238 e. The van der Waals surface area contributed by atoms with Gasteiger partial charge in [0.25, 0.3) is 0 Å². The molecule has 6 heteroatoms. The van der Waals surface area contributed by atoms with Gasteiger partial charge in [0.1, 0.15) is 6.04 Å². The summed E-state index contributed by atoms with van der Waals surface area (Å²) in [5.74, 6) is 0.00732. The van der Waals surface area contributed by atoms with E-state index in [4.69, 9.17) is 11.6 Å². The lowest BCUT2D eigenvalue weighted by Crippen LogP contribution is -2.42. The van der Waals surface area contributed by atoms with Crippen LogP contribution in [0.4, 0.5) is 0 Å². The zero-order valence-electron chi connectivity index (χ0n) is 13.4. The van der Waals surface area contributed by atoms with Crippen molar-refractivity contribution < 1.29 is 4.79 Å². The Morgan fingerprint density at radius 2 is 1.88 bits per heavy atom. The molecule has 1 heterocycles. The highest BCUT2D eigenvalue weighted by Gasteiger charge is 2.29. The Morgan fingerprint density at radius 1 is 1.17 bits per heavy atom. The molecule has 0 aromatic heterocycles. The van der Waals surface area contributed by atoms with Crippen molar-refractivity contribution in [3.8, 4) is 0 Å². The summed E-state index contributed by atoms with van der Waals surface area (Å²) in [4.78, 5) is 13.6. The van der Waals surface area contributed by atoms with Crippen LogP contribution in [0, 0.1) is 0 Å². The van der Waals surface area contributed by atoms with Gasteiger partial charge in [-0.1, -0.05) is 35.9 Å². The molecule has 1 fully saturated rings. The fraction of sp³-hybridized carbons (Fsp3) is 0.278. The van der Waals surface area contributed by atoms with Crippen molar-refractivity contribution in [3.63, 3.8) is 0 Å². The molecule has 0 radical (unpaired) electrons. The van der Waals surface area contributed by atoms with Gasteiger partial charge in [0.2, 0.25) is 5.91 Å². The van der Waals surface area contributed by atoms with Gasteiger partial charge in [0, 0.05) is 22.5 Å². The molecule has 2 aromatic carbocycles. The van der Waals surface area contributed by atoms with Gasteiger partial charge in [0.05, 0.1) is 0 Å². The molecule has 24 heavy (non-hydrogen) atoms. The highest BCUT2D eigenvalue weighted by molar-refractivity contribution is 7.98. The lowest BCUT2D eigenvalue weighted by atomic mass is 10.0. The van der Waals surface area contributed by atoms with Crippen LogP contribution in [0.2, 0.25) is 5.02 Å². The maximum absolute atomic E-state index is 12.3. The highest BCUT2D eigenvalue weighted by Crippen LogP contribution is 2.23. The van der Waals surface area contributed by atoms with Crippen molar-refractivity contribution in [3.05, 3.63) is 64.7 Å². The van der Waals surface area contributed by atoms with Crippen LogP contribution in [0.15, 0.2) is 53.4 Å². The number of hydrogen-bond acceptors (Lipinski definition) is 4. The first-order chi connectivity index (χ1) is 11.7. The number of carbonyl (C=O) groups is 1. The van der Waals surface area contributed by atoms with E-state index in [9.17, 15) is 4.79 Å². The SMILES string of the molecule is CSc1ccc(CNC(=O)C2CC(c3ccc(Cl)cc3)NN2)cc1. The van der Waals surface area contributed by atoms with E-state index < -0.39 is 0 Å². The molecule has 0 saturated carbocycles. The number of hydrogen-bond donors (Lipinski definition) is 3. The van der Waals surface area contributed by atoms with E-state index in [-0.39, 0.29) is 18.0 Å². The molecule has 2 atom stereocenters. The summed E-state index contributed by atoms with van der Waals surface area (Å²) in [5, 5.41) is 3.70. The molecule has 1 aliphatic rings. The monoisotopic (exact) mass is 361 g/mol. The molecule has 0 spiro atoms. The van der Waals surface area contributed by atoms with Crippen LogP contribution in [0.1, 0.15) is 23.6 Å². The average Bonchev–Trinajstić information content (AvgIpc) is 3.11. The van der Waals surface area contributed by atoms with Crippen LogP contribution in [0.25, 0.3) is 0 Å². The molecule has 4 nitrogen and oxygen atoms in total. The first kappa shape index (κ1) is 17.3. The fourth-order valence-corrected chi connectivity index (χ4v) is 3.23. The van der Waals surface area contributed by atoms with Gasteiger partial charge >= 0.3 is 0 Å². The topological polar surface area (TPSA) is 53.2 Å². The first-order valence-electron chi connectivity index (χ1n) is 7.83. The van der Waals surface area contributed by atoms with Crippen LogP contribution in [-0.4, -0.2) is 18.2 Å². The number of nitrogens with one attached hydrogen (secondary N) is 3. The molecule has 3 rings (SSSR count). The van der Waals surface area contributed by atoms with Crippen molar-refractivity contribution in [1.29, 1.82) is 0 Å². The summed E-state index contributed by atoms with van der Waals surface area (Å²) < 4.78 is 0. The van der Waals surface area contributed by atoms with E-state index >= 15 is 0 Å². The van der Waals surface area contributed by atoms with Gasteiger partial charge in [0.15, 0.2) is 0 Å².